The van der Waals surface area contributed by atoms with E-state index in [1.165, 1.54) is 24.6 Å². The summed E-state index contributed by atoms with van der Waals surface area (Å²) in [6.45, 7) is 4.22. The zero-order chi connectivity index (χ0) is 16.9. The van der Waals surface area contributed by atoms with Crippen molar-refractivity contribution in [2.24, 2.45) is 0 Å². The average Bonchev–Trinajstić information content (AvgIpc) is 2.89. The molecule has 1 aliphatic heterocycles. The Hall–Kier alpha value is -1.82. The Labute approximate surface area is 146 Å². The smallest absolute Gasteiger partial charge is 0.283 e. The Kier molecular flexibility index (Phi) is 5.56. The highest BCUT2D eigenvalue weighted by molar-refractivity contribution is 7.99. The van der Waals surface area contributed by atoms with Crippen molar-refractivity contribution in [3.63, 3.8) is 0 Å². The van der Waals surface area contributed by atoms with Crippen LogP contribution in [-0.4, -0.2) is 39.2 Å². The molecular weight excluding hydrogens is 322 g/mol. The molecule has 1 fully saturated rings. The standard InChI is InChI=1S/C18H23N3O2S/c1-2-21-15-10-6-5-9-14(15)19-17(18(21)23)24-13-16(22)20-11-7-3-4-8-12-20/h5-6,9-10H,2-4,7-8,11-13H2,1H3. The number of benzene rings is 1. The second-order valence-corrected chi connectivity index (χ2v) is 7.00. The van der Waals surface area contributed by atoms with Gasteiger partial charge < -0.3 is 9.47 Å². The fourth-order valence-corrected chi connectivity index (χ4v) is 3.96. The molecule has 0 aliphatic carbocycles. The molecule has 0 N–H and O–H groups in total. The highest BCUT2D eigenvalue weighted by Crippen LogP contribution is 2.18. The van der Waals surface area contributed by atoms with Crippen LogP contribution in [0.15, 0.2) is 34.1 Å². The van der Waals surface area contributed by atoms with E-state index in [1.807, 2.05) is 36.1 Å². The topological polar surface area (TPSA) is 55.2 Å². The first-order valence-electron chi connectivity index (χ1n) is 8.61. The molecule has 0 atom stereocenters. The Bertz CT molecular complexity index is 779. The molecule has 0 saturated carbocycles. The van der Waals surface area contributed by atoms with Crippen LogP contribution in [0.2, 0.25) is 0 Å². The molecule has 0 spiro atoms. The van der Waals surface area contributed by atoms with E-state index in [2.05, 4.69) is 4.98 Å². The van der Waals surface area contributed by atoms with Gasteiger partial charge in [-0.1, -0.05) is 36.7 Å². The molecule has 2 heterocycles. The summed E-state index contributed by atoms with van der Waals surface area (Å²) in [6.07, 6.45) is 4.55. The summed E-state index contributed by atoms with van der Waals surface area (Å²) >= 11 is 1.26. The van der Waals surface area contributed by atoms with E-state index in [1.54, 1.807) is 4.57 Å². The van der Waals surface area contributed by atoms with Crippen LogP contribution in [-0.2, 0) is 11.3 Å². The molecular formula is C18H23N3O2S. The van der Waals surface area contributed by atoms with Crippen LogP contribution in [0, 0.1) is 0 Å². The summed E-state index contributed by atoms with van der Waals surface area (Å²) in [5, 5.41) is 0.415. The number of hydrogen-bond acceptors (Lipinski definition) is 4. The van der Waals surface area contributed by atoms with Gasteiger partial charge in [0.25, 0.3) is 5.56 Å². The van der Waals surface area contributed by atoms with Crippen LogP contribution >= 0.6 is 11.8 Å². The summed E-state index contributed by atoms with van der Waals surface area (Å²) in [5.74, 6) is 0.393. The molecule has 24 heavy (non-hydrogen) atoms. The number of aryl methyl sites for hydroxylation is 1. The number of amides is 1. The fraction of sp³-hybridized carbons (Fsp3) is 0.500. The van der Waals surface area contributed by atoms with Gasteiger partial charge in [-0.25, -0.2) is 4.98 Å². The molecule has 1 saturated heterocycles. The van der Waals surface area contributed by atoms with Crippen LogP contribution in [0.3, 0.4) is 0 Å². The van der Waals surface area contributed by atoms with Gasteiger partial charge in [0.1, 0.15) is 0 Å². The fourth-order valence-electron chi connectivity index (χ4n) is 3.12. The lowest BCUT2D eigenvalue weighted by Gasteiger charge is -2.19. The van der Waals surface area contributed by atoms with Crippen molar-refractivity contribution >= 4 is 28.7 Å². The third kappa shape index (κ3) is 3.64. The van der Waals surface area contributed by atoms with Crippen LogP contribution < -0.4 is 5.56 Å². The van der Waals surface area contributed by atoms with E-state index in [9.17, 15) is 9.59 Å². The summed E-state index contributed by atoms with van der Waals surface area (Å²) < 4.78 is 1.72. The molecule has 0 unspecified atom stereocenters. The van der Waals surface area contributed by atoms with Crippen molar-refractivity contribution in [2.75, 3.05) is 18.8 Å². The Morgan fingerprint density at radius 3 is 2.58 bits per heavy atom. The van der Waals surface area contributed by atoms with Crippen LogP contribution in [0.1, 0.15) is 32.6 Å². The first kappa shape index (κ1) is 17.0. The van der Waals surface area contributed by atoms with Gasteiger partial charge in [-0.05, 0) is 31.9 Å². The summed E-state index contributed by atoms with van der Waals surface area (Å²) in [6, 6.07) is 7.63. The minimum absolute atomic E-state index is 0.107. The largest absolute Gasteiger partial charge is 0.342 e. The van der Waals surface area contributed by atoms with Crippen molar-refractivity contribution in [1.82, 2.24) is 14.5 Å². The highest BCUT2D eigenvalue weighted by atomic mass is 32.2. The van der Waals surface area contributed by atoms with Gasteiger partial charge >= 0.3 is 0 Å². The number of carbonyl (C=O) groups is 1. The first-order chi connectivity index (χ1) is 11.7. The monoisotopic (exact) mass is 345 g/mol. The summed E-state index contributed by atoms with van der Waals surface area (Å²) in [7, 11) is 0. The molecule has 1 aliphatic rings. The molecule has 0 radical (unpaired) electrons. The molecule has 0 bridgehead atoms. The van der Waals surface area contributed by atoms with Crippen molar-refractivity contribution in [2.45, 2.75) is 44.2 Å². The number of rotatable bonds is 4. The second-order valence-electron chi connectivity index (χ2n) is 6.04. The van der Waals surface area contributed by atoms with Crippen molar-refractivity contribution < 1.29 is 4.79 Å². The van der Waals surface area contributed by atoms with Crippen molar-refractivity contribution in [3.8, 4) is 0 Å². The minimum Gasteiger partial charge on any atom is -0.342 e. The maximum atomic E-state index is 12.6. The highest BCUT2D eigenvalue weighted by Gasteiger charge is 2.17. The average molecular weight is 345 g/mol. The number of likely N-dealkylation sites (tertiary alicyclic amines) is 1. The molecule has 128 valence electrons. The van der Waals surface area contributed by atoms with Gasteiger partial charge in [0.2, 0.25) is 5.91 Å². The number of aromatic nitrogens is 2. The maximum Gasteiger partial charge on any atom is 0.283 e. The maximum absolute atomic E-state index is 12.6. The number of hydrogen-bond donors (Lipinski definition) is 0. The summed E-state index contributed by atoms with van der Waals surface area (Å²) in [4.78, 5) is 31.4. The molecule has 5 nitrogen and oxygen atoms in total. The molecule has 2 aromatic rings. The molecule has 6 heteroatoms. The quantitative estimate of drug-likeness (QED) is 0.800. The van der Waals surface area contributed by atoms with E-state index >= 15 is 0 Å². The lowest BCUT2D eigenvalue weighted by molar-refractivity contribution is -0.128. The van der Waals surface area contributed by atoms with Crippen LogP contribution in [0.25, 0.3) is 11.0 Å². The van der Waals surface area contributed by atoms with E-state index in [0.717, 1.165) is 37.0 Å². The molecule has 1 aromatic carbocycles. The second kappa shape index (κ2) is 7.83. The third-order valence-corrected chi connectivity index (χ3v) is 5.36. The molecule has 1 amide bonds. The Morgan fingerprint density at radius 2 is 1.88 bits per heavy atom. The van der Waals surface area contributed by atoms with E-state index in [4.69, 9.17) is 0 Å². The van der Waals surface area contributed by atoms with Crippen LogP contribution in [0.4, 0.5) is 0 Å². The number of carbonyl (C=O) groups excluding carboxylic acids is 1. The zero-order valence-electron chi connectivity index (χ0n) is 14.0. The van der Waals surface area contributed by atoms with Gasteiger partial charge in [-0.3, -0.25) is 9.59 Å². The van der Waals surface area contributed by atoms with Gasteiger partial charge in [-0.2, -0.15) is 0 Å². The van der Waals surface area contributed by atoms with Gasteiger partial charge in [0, 0.05) is 19.6 Å². The van der Waals surface area contributed by atoms with E-state index < -0.39 is 0 Å². The first-order valence-corrected chi connectivity index (χ1v) is 9.59. The predicted octanol–water partition coefficient (Wildman–Crippen LogP) is 2.91. The number of fused-ring (bicyclic) bond motifs is 1. The number of para-hydroxylation sites is 2. The van der Waals surface area contributed by atoms with E-state index in [-0.39, 0.29) is 17.2 Å². The van der Waals surface area contributed by atoms with E-state index in [0.29, 0.717) is 11.6 Å². The lowest BCUT2D eigenvalue weighted by Crippen LogP contribution is -2.33. The van der Waals surface area contributed by atoms with Crippen molar-refractivity contribution in [3.05, 3.63) is 34.6 Å². The lowest BCUT2D eigenvalue weighted by atomic mass is 10.2. The van der Waals surface area contributed by atoms with Crippen molar-refractivity contribution in [1.29, 1.82) is 0 Å². The van der Waals surface area contributed by atoms with Gasteiger partial charge in [0.05, 0.1) is 16.8 Å². The minimum atomic E-state index is -0.107. The third-order valence-electron chi connectivity index (χ3n) is 4.43. The van der Waals surface area contributed by atoms with Crippen LogP contribution in [0.5, 0.6) is 0 Å². The molecule has 3 rings (SSSR count). The number of nitrogens with zero attached hydrogens (tertiary/aromatic N) is 3. The SMILES string of the molecule is CCn1c(=O)c(SCC(=O)N2CCCCCC2)nc2ccccc21. The zero-order valence-corrected chi connectivity index (χ0v) is 14.8. The summed E-state index contributed by atoms with van der Waals surface area (Å²) in [5.41, 5.74) is 1.53. The Balaban J connectivity index is 1.78. The molecule has 1 aromatic heterocycles. The Morgan fingerprint density at radius 1 is 1.17 bits per heavy atom. The van der Waals surface area contributed by atoms with Gasteiger partial charge in [0.15, 0.2) is 5.03 Å². The predicted molar refractivity (Wildman–Crippen MR) is 97.4 cm³/mol. The van der Waals surface area contributed by atoms with Gasteiger partial charge in [-0.15, -0.1) is 0 Å². The number of thioether (sulfide) groups is 1. The normalized spacial score (nSPS) is 15.5.